The van der Waals surface area contributed by atoms with E-state index in [9.17, 15) is 9.18 Å². The van der Waals surface area contributed by atoms with Crippen LogP contribution >= 0.6 is 0 Å². The molecule has 2 heterocycles. The van der Waals surface area contributed by atoms with E-state index < -0.39 is 0 Å². The van der Waals surface area contributed by atoms with E-state index in [4.69, 9.17) is 4.74 Å². The zero-order valence-electron chi connectivity index (χ0n) is 13.4. The van der Waals surface area contributed by atoms with Gasteiger partial charge >= 0.3 is 0 Å². The Bertz CT molecular complexity index is 535. The van der Waals surface area contributed by atoms with Gasteiger partial charge in [0, 0.05) is 25.7 Å². The molecule has 1 aromatic carbocycles. The number of nitrogens with one attached hydrogen (secondary N) is 2. The van der Waals surface area contributed by atoms with Crippen molar-refractivity contribution in [3.05, 3.63) is 35.6 Å². The summed E-state index contributed by atoms with van der Waals surface area (Å²) < 4.78 is 18.7. The zero-order valence-corrected chi connectivity index (χ0v) is 13.4. The maximum atomic E-state index is 13.0. The number of benzene rings is 1. The molecule has 0 spiro atoms. The van der Waals surface area contributed by atoms with Crippen molar-refractivity contribution in [3.63, 3.8) is 0 Å². The van der Waals surface area contributed by atoms with Crippen LogP contribution in [0.3, 0.4) is 0 Å². The number of hydrazine groups is 1. The standard InChI is InChI=1S/C17H24FN3O2/c1-2-23-14-4-3-9-21(11-14)17(22)16-10-15(19-20-16)12-5-7-13(18)8-6-12/h5-8,14-16,19-20H,2-4,9-11H2,1H3. The first-order chi connectivity index (χ1) is 11.2. The predicted octanol–water partition coefficient (Wildman–Crippen LogP) is 1.76. The Labute approximate surface area is 136 Å². The van der Waals surface area contributed by atoms with Gasteiger partial charge in [0.05, 0.1) is 6.10 Å². The molecule has 2 fully saturated rings. The smallest absolute Gasteiger partial charge is 0.241 e. The van der Waals surface area contributed by atoms with Crippen molar-refractivity contribution in [1.82, 2.24) is 15.8 Å². The van der Waals surface area contributed by atoms with Crippen LogP contribution in [0.4, 0.5) is 4.39 Å². The average molecular weight is 321 g/mol. The molecule has 3 atom stereocenters. The Hall–Kier alpha value is -1.50. The predicted molar refractivity (Wildman–Crippen MR) is 85.0 cm³/mol. The molecule has 0 aliphatic carbocycles. The molecular formula is C17H24FN3O2. The van der Waals surface area contributed by atoms with Crippen LogP contribution in [0.5, 0.6) is 0 Å². The fourth-order valence-electron chi connectivity index (χ4n) is 3.36. The second-order valence-corrected chi connectivity index (χ2v) is 6.18. The zero-order chi connectivity index (χ0) is 16.2. The van der Waals surface area contributed by atoms with E-state index in [0.29, 0.717) is 19.6 Å². The van der Waals surface area contributed by atoms with E-state index in [2.05, 4.69) is 10.9 Å². The fourth-order valence-corrected chi connectivity index (χ4v) is 3.36. The topological polar surface area (TPSA) is 53.6 Å². The summed E-state index contributed by atoms with van der Waals surface area (Å²) in [6.07, 6.45) is 2.82. The van der Waals surface area contributed by atoms with Crippen molar-refractivity contribution < 1.29 is 13.9 Å². The lowest BCUT2D eigenvalue weighted by atomic mass is 10.0. The summed E-state index contributed by atoms with van der Waals surface area (Å²) in [6, 6.07) is 6.19. The average Bonchev–Trinajstić information content (AvgIpc) is 3.05. The summed E-state index contributed by atoms with van der Waals surface area (Å²) in [5, 5.41) is 0. The van der Waals surface area contributed by atoms with Gasteiger partial charge in [0.1, 0.15) is 11.9 Å². The van der Waals surface area contributed by atoms with E-state index in [0.717, 1.165) is 24.9 Å². The number of ether oxygens (including phenoxy) is 1. The molecule has 5 nitrogen and oxygen atoms in total. The van der Waals surface area contributed by atoms with Crippen LogP contribution in [0.1, 0.15) is 37.8 Å². The van der Waals surface area contributed by atoms with Gasteiger partial charge in [-0.05, 0) is 43.9 Å². The molecule has 3 unspecified atom stereocenters. The number of hydrogen-bond donors (Lipinski definition) is 2. The van der Waals surface area contributed by atoms with E-state index in [1.807, 2.05) is 11.8 Å². The molecule has 1 amide bonds. The number of carbonyl (C=O) groups is 1. The van der Waals surface area contributed by atoms with E-state index in [1.165, 1.54) is 12.1 Å². The van der Waals surface area contributed by atoms with Crippen molar-refractivity contribution >= 4 is 5.91 Å². The largest absolute Gasteiger partial charge is 0.377 e. The molecule has 0 aromatic heterocycles. The quantitative estimate of drug-likeness (QED) is 0.887. The lowest BCUT2D eigenvalue weighted by Crippen LogP contribution is -2.50. The Kier molecular flexibility index (Phi) is 5.25. The molecule has 0 saturated carbocycles. The summed E-state index contributed by atoms with van der Waals surface area (Å²) in [6.45, 7) is 4.13. The van der Waals surface area contributed by atoms with Crippen LogP contribution in [0, 0.1) is 5.82 Å². The number of nitrogens with zero attached hydrogens (tertiary/aromatic N) is 1. The molecule has 3 rings (SSSR count). The first kappa shape index (κ1) is 16.4. The van der Waals surface area contributed by atoms with Crippen molar-refractivity contribution in [2.45, 2.75) is 44.4 Å². The summed E-state index contributed by atoms with van der Waals surface area (Å²) >= 11 is 0. The highest BCUT2D eigenvalue weighted by molar-refractivity contribution is 5.82. The van der Waals surface area contributed by atoms with Gasteiger partial charge in [-0.1, -0.05) is 12.1 Å². The third kappa shape index (κ3) is 3.88. The van der Waals surface area contributed by atoms with Crippen LogP contribution in [0.15, 0.2) is 24.3 Å². The Balaban J connectivity index is 1.57. The number of rotatable bonds is 4. The molecule has 2 aliphatic rings. The fraction of sp³-hybridized carbons (Fsp3) is 0.588. The molecule has 6 heteroatoms. The second-order valence-electron chi connectivity index (χ2n) is 6.18. The lowest BCUT2D eigenvalue weighted by molar-refractivity contribution is -0.137. The van der Waals surface area contributed by atoms with Gasteiger partial charge < -0.3 is 9.64 Å². The summed E-state index contributed by atoms with van der Waals surface area (Å²) in [5.41, 5.74) is 7.22. The van der Waals surface area contributed by atoms with Crippen molar-refractivity contribution in [3.8, 4) is 0 Å². The maximum Gasteiger partial charge on any atom is 0.241 e. The van der Waals surface area contributed by atoms with E-state index in [1.54, 1.807) is 12.1 Å². The molecule has 126 valence electrons. The molecule has 0 radical (unpaired) electrons. The normalized spacial score (nSPS) is 28.1. The Morgan fingerprint density at radius 2 is 2.13 bits per heavy atom. The van der Waals surface area contributed by atoms with Gasteiger partial charge in [-0.15, -0.1) is 0 Å². The minimum absolute atomic E-state index is 0.0250. The molecule has 2 saturated heterocycles. The summed E-state index contributed by atoms with van der Waals surface area (Å²) in [4.78, 5) is 14.6. The van der Waals surface area contributed by atoms with E-state index in [-0.39, 0.29) is 29.9 Å². The molecule has 0 bridgehead atoms. The molecular weight excluding hydrogens is 297 g/mol. The van der Waals surface area contributed by atoms with Crippen molar-refractivity contribution in [2.75, 3.05) is 19.7 Å². The number of amides is 1. The Morgan fingerprint density at radius 3 is 2.87 bits per heavy atom. The highest BCUT2D eigenvalue weighted by atomic mass is 19.1. The maximum absolute atomic E-state index is 13.0. The van der Waals surface area contributed by atoms with E-state index >= 15 is 0 Å². The first-order valence-corrected chi connectivity index (χ1v) is 8.34. The van der Waals surface area contributed by atoms with Crippen LogP contribution in [0.2, 0.25) is 0 Å². The van der Waals surface area contributed by atoms with Gasteiger partial charge in [0.2, 0.25) is 5.91 Å². The second kappa shape index (κ2) is 7.38. The number of likely N-dealkylation sites (tertiary alicyclic amines) is 1. The van der Waals surface area contributed by atoms with Crippen LogP contribution < -0.4 is 10.9 Å². The molecule has 23 heavy (non-hydrogen) atoms. The minimum atomic E-state index is -0.248. The van der Waals surface area contributed by atoms with Crippen LogP contribution in [-0.2, 0) is 9.53 Å². The first-order valence-electron chi connectivity index (χ1n) is 8.34. The molecule has 2 N–H and O–H groups in total. The number of piperidine rings is 1. The SMILES string of the molecule is CCOC1CCCN(C(=O)C2CC(c3ccc(F)cc3)NN2)C1. The Morgan fingerprint density at radius 1 is 1.35 bits per heavy atom. The van der Waals surface area contributed by atoms with Gasteiger partial charge in [0.25, 0.3) is 0 Å². The third-order valence-electron chi connectivity index (χ3n) is 4.57. The highest BCUT2D eigenvalue weighted by Gasteiger charge is 2.34. The van der Waals surface area contributed by atoms with Crippen LogP contribution in [0.25, 0.3) is 0 Å². The van der Waals surface area contributed by atoms with Gasteiger partial charge in [0.15, 0.2) is 0 Å². The summed E-state index contributed by atoms with van der Waals surface area (Å²) in [7, 11) is 0. The van der Waals surface area contributed by atoms with Gasteiger partial charge in [-0.3, -0.25) is 4.79 Å². The van der Waals surface area contributed by atoms with Crippen molar-refractivity contribution in [2.24, 2.45) is 0 Å². The monoisotopic (exact) mass is 321 g/mol. The highest BCUT2D eigenvalue weighted by Crippen LogP contribution is 2.24. The third-order valence-corrected chi connectivity index (χ3v) is 4.57. The molecule has 2 aliphatic heterocycles. The molecule has 1 aromatic rings. The summed E-state index contributed by atoms with van der Waals surface area (Å²) in [5.74, 6) is -0.130. The number of halogens is 1. The lowest BCUT2D eigenvalue weighted by Gasteiger charge is -2.33. The van der Waals surface area contributed by atoms with Gasteiger partial charge in [-0.25, -0.2) is 15.2 Å². The van der Waals surface area contributed by atoms with Crippen molar-refractivity contribution in [1.29, 1.82) is 0 Å². The van der Waals surface area contributed by atoms with Crippen LogP contribution in [-0.4, -0.2) is 42.6 Å². The minimum Gasteiger partial charge on any atom is -0.377 e. The van der Waals surface area contributed by atoms with Gasteiger partial charge in [-0.2, -0.15) is 0 Å². The number of hydrogen-bond acceptors (Lipinski definition) is 4. The number of carbonyl (C=O) groups excluding carboxylic acids is 1.